The molecule has 27 heavy (non-hydrogen) atoms. The van der Waals surface area contributed by atoms with Crippen molar-refractivity contribution in [3.05, 3.63) is 45.8 Å². The van der Waals surface area contributed by atoms with Crippen molar-refractivity contribution in [2.24, 2.45) is 0 Å². The molecule has 0 saturated carbocycles. The lowest BCUT2D eigenvalue weighted by molar-refractivity contribution is 0.0526. The smallest absolute Gasteiger partial charge is 0.341 e. The highest BCUT2D eigenvalue weighted by molar-refractivity contribution is 7.17. The number of nitrogens with one attached hydrogen (secondary N) is 1. The molecule has 1 aliphatic heterocycles. The highest BCUT2D eigenvalue weighted by Crippen LogP contribution is 2.38. The van der Waals surface area contributed by atoms with E-state index in [-0.39, 0.29) is 11.9 Å². The normalized spacial score (nSPS) is 13.7. The van der Waals surface area contributed by atoms with Gasteiger partial charge >= 0.3 is 5.97 Å². The van der Waals surface area contributed by atoms with Gasteiger partial charge in [-0.1, -0.05) is 13.0 Å². The molecule has 144 valence electrons. The number of ether oxygens (including phenoxy) is 2. The van der Waals surface area contributed by atoms with Crippen LogP contribution in [0.1, 0.15) is 45.0 Å². The standard InChI is InChI=1S/C20H24N2O4S/c1-4-22-10-9-15-16(12-22)27-19(17(15)20(24)26-5-2)21-18(23)13-7-6-8-14(11-13)25-3/h6-8,11H,4-5,9-10,12H2,1-3H3,(H,21,23). The Hall–Kier alpha value is -2.38. The van der Waals surface area contributed by atoms with E-state index in [1.54, 1.807) is 38.3 Å². The summed E-state index contributed by atoms with van der Waals surface area (Å²) in [5.74, 6) is -0.0383. The monoisotopic (exact) mass is 388 g/mol. The van der Waals surface area contributed by atoms with Crippen molar-refractivity contribution in [3.8, 4) is 5.75 Å². The molecule has 0 bridgehead atoms. The van der Waals surface area contributed by atoms with Gasteiger partial charge in [-0.2, -0.15) is 0 Å². The number of rotatable bonds is 6. The molecule has 1 amide bonds. The number of amides is 1. The number of esters is 1. The molecule has 1 aromatic carbocycles. The van der Waals surface area contributed by atoms with Gasteiger partial charge in [-0.15, -0.1) is 11.3 Å². The summed E-state index contributed by atoms with van der Waals surface area (Å²) in [7, 11) is 1.56. The fraction of sp³-hybridized carbons (Fsp3) is 0.400. The van der Waals surface area contributed by atoms with Gasteiger partial charge < -0.3 is 14.8 Å². The zero-order valence-corrected chi connectivity index (χ0v) is 16.6. The van der Waals surface area contributed by atoms with Crippen LogP contribution in [0.2, 0.25) is 0 Å². The number of nitrogens with zero attached hydrogens (tertiary/aromatic N) is 1. The number of carbonyl (C=O) groups excluding carboxylic acids is 2. The Morgan fingerprint density at radius 1 is 1.30 bits per heavy atom. The third-order valence-corrected chi connectivity index (χ3v) is 5.75. The molecule has 0 saturated heterocycles. The number of likely N-dealkylation sites (N-methyl/N-ethyl adjacent to an activating group) is 1. The second kappa shape index (κ2) is 8.54. The Morgan fingerprint density at radius 2 is 2.11 bits per heavy atom. The number of anilines is 1. The van der Waals surface area contributed by atoms with Gasteiger partial charge in [0.05, 0.1) is 19.3 Å². The summed E-state index contributed by atoms with van der Waals surface area (Å²) < 4.78 is 10.4. The van der Waals surface area contributed by atoms with Gasteiger partial charge in [-0.05, 0) is 43.7 Å². The van der Waals surface area contributed by atoms with Crippen molar-refractivity contribution in [1.82, 2.24) is 4.90 Å². The van der Waals surface area contributed by atoms with Crippen LogP contribution in [-0.2, 0) is 17.7 Å². The Labute approximate surface area is 163 Å². The molecule has 7 heteroatoms. The third-order valence-electron chi connectivity index (χ3n) is 4.62. The molecule has 0 radical (unpaired) electrons. The van der Waals surface area contributed by atoms with Crippen LogP contribution in [0.3, 0.4) is 0 Å². The van der Waals surface area contributed by atoms with Gasteiger partial charge in [0, 0.05) is 23.5 Å². The highest BCUT2D eigenvalue weighted by atomic mass is 32.1. The summed E-state index contributed by atoms with van der Waals surface area (Å²) in [6, 6.07) is 6.93. The second-order valence-corrected chi connectivity index (χ2v) is 7.34. The van der Waals surface area contributed by atoms with Crippen molar-refractivity contribution in [2.45, 2.75) is 26.8 Å². The maximum Gasteiger partial charge on any atom is 0.341 e. The van der Waals surface area contributed by atoms with Gasteiger partial charge in [-0.25, -0.2) is 4.79 Å². The fourth-order valence-corrected chi connectivity index (χ4v) is 4.45. The average Bonchev–Trinajstić information content (AvgIpc) is 3.04. The minimum absolute atomic E-state index is 0.273. The minimum atomic E-state index is -0.374. The Morgan fingerprint density at radius 3 is 2.81 bits per heavy atom. The molecule has 0 fully saturated rings. The molecule has 0 aliphatic carbocycles. The van der Waals surface area contributed by atoms with E-state index in [9.17, 15) is 9.59 Å². The number of thiophene rings is 1. The van der Waals surface area contributed by atoms with E-state index in [1.807, 2.05) is 0 Å². The molecule has 1 aliphatic rings. The molecule has 1 N–H and O–H groups in total. The molecular formula is C20H24N2O4S. The summed E-state index contributed by atoms with van der Waals surface area (Å²) in [4.78, 5) is 28.7. The summed E-state index contributed by atoms with van der Waals surface area (Å²) in [6.07, 6.45) is 0.781. The summed E-state index contributed by atoms with van der Waals surface area (Å²) in [6.45, 7) is 6.85. The van der Waals surface area contributed by atoms with Crippen LogP contribution < -0.4 is 10.1 Å². The van der Waals surface area contributed by atoms with E-state index < -0.39 is 0 Å². The topological polar surface area (TPSA) is 67.9 Å². The highest BCUT2D eigenvalue weighted by Gasteiger charge is 2.29. The maximum atomic E-state index is 12.7. The SMILES string of the molecule is CCOC(=O)c1c(NC(=O)c2cccc(OC)c2)sc2c1CCN(CC)C2. The lowest BCUT2D eigenvalue weighted by Crippen LogP contribution is -2.30. The molecule has 2 aromatic rings. The quantitative estimate of drug-likeness (QED) is 0.767. The fourth-order valence-electron chi connectivity index (χ4n) is 3.17. The predicted molar refractivity (Wildman–Crippen MR) is 106 cm³/mol. The van der Waals surface area contributed by atoms with E-state index in [0.717, 1.165) is 36.5 Å². The number of benzene rings is 1. The van der Waals surface area contributed by atoms with Crippen LogP contribution in [0, 0.1) is 0 Å². The van der Waals surface area contributed by atoms with Crippen LogP contribution >= 0.6 is 11.3 Å². The number of hydrogen-bond acceptors (Lipinski definition) is 6. The summed E-state index contributed by atoms with van der Waals surface area (Å²) in [5.41, 5.74) is 1.98. The molecular weight excluding hydrogens is 364 g/mol. The van der Waals surface area contributed by atoms with Crippen LogP contribution in [0.25, 0.3) is 0 Å². The molecule has 0 unspecified atom stereocenters. The van der Waals surface area contributed by atoms with Crippen molar-refractivity contribution in [2.75, 3.05) is 32.1 Å². The maximum absolute atomic E-state index is 12.7. The third kappa shape index (κ3) is 4.14. The first-order valence-electron chi connectivity index (χ1n) is 9.06. The van der Waals surface area contributed by atoms with Crippen LogP contribution in [0.5, 0.6) is 5.75 Å². The predicted octanol–water partition coefficient (Wildman–Crippen LogP) is 3.56. The summed E-state index contributed by atoms with van der Waals surface area (Å²) in [5, 5.41) is 3.47. The van der Waals surface area contributed by atoms with E-state index >= 15 is 0 Å². The largest absolute Gasteiger partial charge is 0.497 e. The van der Waals surface area contributed by atoms with Crippen LogP contribution in [0.15, 0.2) is 24.3 Å². The van der Waals surface area contributed by atoms with Crippen molar-refractivity contribution >= 4 is 28.2 Å². The van der Waals surface area contributed by atoms with E-state index in [1.165, 1.54) is 11.3 Å². The first kappa shape index (κ1) is 19.4. The zero-order valence-electron chi connectivity index (χ0n) is 15.8. The van der Waals surface area contributed by atoms with Gasteiger partial charge in [0.25, 0.3) is 5.91 Å². The average molecular weight is 388 g/mol. The Kier molecular flexibility index (Phi) is 6.13. The van der Waals surface area contributed by atoms with Crippen molar-refractivity contribution in [1.29, 1.82) is 0 Å². The number of hydrogen-bond donors (Lipinski definition) is 1. The molecule has 1 aromatic heterocycles. The zero-order chi connectivity index (χ0) is 19.4. The first-order chi connectivity index (χ1) is 13.1. The number of carbonyl (C=O) groups is 2. The van der Waals surface area contributed by atoms with Gasteiger partial charge in [0.1, 0.15) is 10.8 Å². The van der Waals surface area contributed by atoms with E-state index in [4.69, 9.17) is 9.47 Å². The Bertz CT molecular complexity index is 847. The first-order valence-corrected chi connectivity index (χ1v) is 9.88. The van der Waals surface area contributed by atoms with Crippen molar-refractivity contribution in [3.63, 3.8) is 0 Å². The van der Waals surface area contributed by atoms with E-state index in [2.05, 4.69) is 17.1 Å². The lowest BCUT2D eigenvalue weighted by atomic mass is 10.0. The Balaban J connectivity index is 1.92. The van der Waals surface area contributed by atoms with Crippen LogP contribution in [-0.4, -0.2) is 43.6 Å². The summed E-state index contributed by atoms with van der Waals surface area (Å²) >= 11 is 1.46. The number of fused-ring (bicyclic) bond motifs is 1. The van der Waals surface area contributed by atoms with Gasteiger partial charge in [0.15, 0.2) is 0 Å². The molecule has 0 atom stereocenters. The second-order valence-electron chi connectivity index (χ2n) is 6.23. The lowest BCUT2D eigenvalue weighted by Gasteiger charge is -2.25. The van der Waals surface area contributed by atoms with E-state index in [0.29, 0.717) is 28.5 Å². The van der Waals surface area contributed by atoms with Crippen molar-refractivity contribution < 1.29 is 19.1 Å². The minimum Gasteiger partial charge on any atom is -0.497 e. The molecule has 2 heterocycles. The molecule has 3 rings (SSSR count). The van der Waals surface area contributed by atoms with Gasteiger partial charge in [0.2, 0.25) is 0 Å². The van der Waals surface area contributed by atoms with Crippen LogP contribution in [0.4, 0.5) is 5.00 Å². The van der Waals surface area contributed by atoms with Gasteiger partial charge in [-0.3, -0.25) is 9.69 Å². The molecule has 0 spiro atoms. The number of methoxy groups -OCH3 is 1. The molecule has 6 nitrogen and oxygen atoms in total.